The molecule has 1 saturated carbocycles. The molecule has 2 saturated heterocycles. The van der Waals surface area contributed by atoms with Gasteiger partial charge in [0.2, 0.25) is 0 Å². The number of hydrogen-bond donors (Lipinski definition) is 1. The Bertz CT molecular complexity index is 824. The van der Waals surface area contributed by atoms with E-state index in [0.29, 0.717) is 17.8 Å². The van der Waals surface area contributed by atoms with Crippen LogP contribution in [0.5, 0.6) is 0 Å². The van der Waals surface area contributed by atoms with Gasteiger partial charge in [0.15, 0.2) is 0 Å². The number of rotatable bonds is 3. The van der Waals surface area contributed by atoms with E-state index in [0.717, 1.165) is 48.9 Å². The third kappa shape index (κ3) is 2.57. The number of nitrogens with zero attached hydrogens (tertiary/aromatic N) is 5. The number of nitrogens with one attached hydrogen (secondary N) is 1. The van der Waals surface area contributed by atoms with Crippen molar-refractivity contribution in [2.24, 2.45) is 11.8 Å². The Morgan fingerprint density at radius 1 is 1.12 bits per heavy atom. The lowest BCUT2D eigenvalue weighted by molar-refractivity contribution is 0.0781. The van der Waals surface area contributed by atoms with E-state index in [1.807, 2.05) is 18.7 Å². The van der Waals surface area contributed by atoms with Gasteiger partial charge in [0.05, 0.1) is 11.3 Å². The molecule has 2 aromatic rings. The van der Waals surface area contributed by atoms with Crippen molar-refractivity contribution in [1.82, 2.24) is 25.1 Å². The first-order chi connectivity index (χ1) is 12.6. The third-order valence-electron chi connectivity index (χ3n) is 6.11. The summed E-state index contributed by atoms with van der Waals surface area (Å²) in [4.78, 5) is 26.2. The molecule has 5 rings (SSSR count). The predicted molar refractivity (Wildman–Crippen MR) is 97.2 cm³/mol. The van der Waals surface area contributed by atoms with Crippen molar-refractivity contribution in [3.63, 3.8) is 0 Å². The summed E-state index contributed by atoms with van der Waals surface area (Å²) in [5.41, 5.74) is 3.58. The quantitative estimate of drug-likeness (QED) is 0.913. The predicted octanol–water partition coefficient (Wildman–Crippen LogP) is 1.90. The number of H-pyrrole nitrogens is 1. The monoisotopic (exact) mass is 352 g/mol. The molecule has 7 nitrogen and oxygen atoms in total. The minimum absolute atomic E-state index is 0.118. The van der Waals surface area contributed by atoms with Crippen molar-refractivity contribution in [3.05, 3.63) is 35.0 Å². The van der Waals surface area contributed by atoms with Crippen LogP contribution < -0.4 is 4.90 Å². The topological polar surface area (TPSA) is 78.0 Å². The maximum absolute atomic E-state index is 12.9. The normalized spacial score (nSPS) is 25.0. The lowest BCUT2D eigenvalue weighted by Crippen LogP contribution is -2.34. The van der Waals surface area contributed by atoms with Gasteiger partial charge in [0.25, 0.3) is 5.91 Å². The maximum atomic E-state index is 12.9. The number of aromatic nitrogens is 4. The van der Waals surface area contributed by atoms with Crippen LogP contribution in [0.3, 0.4) is 0 Å². The standard InChI is InChI=1S/C19H24N6O/c1-11-18(12(2)23-22-11)19(26)25-8-14-6-24(7-15(14)9-25)17-5-16(13-3-4-13)20-10-21-17/h5,10,13-15H,3-4,6-9H2,1-2H3,(H,22,23). The van der Waals surface area contributed by atoms with E-state index in [1.54, 1.807) is 6.33 Å². The smallest absolute Gasteiger partial charge is 0.257 e. The van der Waals surface area contributed by atoms with E-state index in [1.165, 1.54) is 18.5 Å². The highest BCUT2D eigenvalue weighted by Gasteiger charge is 2.43. The van der Waals surface area contributed by atoms with Crippen molar-refractivity contribution < 1.29 is 4.79 Å². The Morgan fingerprint density at radius 2 is 1.85 bits per heavy atom. The molecule has 136 valence electrons. The molecule has 2 aromatic heterocycles. The van der Waals surface area contributed by atoms with Gasteiger partial charge in [-0.3, -0.25) is 9.89 Å². The number of anilines is 1. The van der Waals surface area contributed by atoms with Gasteiger partial charge < -0.3 is 9.80 Å². The first-order valence-corrected chi connectivity index (χ1v) is 9.48. The maximum Gasteiger partial charge on any atom is 0.257 e. The third-order valence-corrected chi connectivity index (χ3v) is 6.11. The Morgan fingerprint density at radius 3 is 2.46 bits per heavy atom. The molecule has 7 heteroatoms. The summed E-state index contributed by atoms with van der Waals surface area (Å²) in [5.74, 6) is 2.86. The highest BCUT2D eigenvalue weighted by atomic mass is 16.2. The van der Waals surface area contributed by atoms with Gasteiger partial charge in [-0.2, -0.15) is 5.10 Å². The summed E-state index contributed by atoms with van der Waals surface area (Å²) in [7, 11) is 0. The van der Waals surface area contributed by atoms with E-state index < -0.39 is 0 Å². The molecule has 0 radical (unpaired) electrons. The molecule has 2 unspecified atom stereocenters. The second-order valence-electron chi connectivity index (χ2n) is 8.02. The van der Waals surface area contributed by atoms with Crippen molar-refractivity contribution in [3.8, 4) is 0 Å². The van der Waals surface area contributed by atoms with Gasteiger partial charge >= 0.3 is 0 Å². The van der Waals surface area contributed by atoms with Crippen LogP contribution in [0.15, 0.2) is 12.4 Å². The van der Waals surface area contributed by atoms with Gasteiger partial charge in [-0.25, -0.2) is 9.97 Å². The number of likely N-dealkylation sites (tertiary alicyclic amines) is 1. The van der Waals surface area contributed by atoms with Crippen molar-refractivity contribution in [1.29, 1.82) is 0 Å². The number of fused-ring (bicyclic) bond motifs is 1. The lowest BCUT2D eigenvalue weighted by Gasteiger charge is -2.22. The molecule has 0 spiro atoms. The molecule has 1 aliphatic carbocycles. The SMILES string of the molecule is Cc1n[nH]c(C)c1C(=O)N1CC2CN(c3cc(C4CC4)ncn3)CC2C1. The summed E-state index contributed by atoms with van der Waals surface area (Å²) >= 11 is 0. The Kier molecular flexibility index (Phi) is 3.52. The molecule has 0 aromatic carbocycles. The summed E-state index contributed by atoms with van der Waals surface area (Å²) in [6, 6.07) is 2.17. The van der Waals surface area contributed by atoms with E-state index in [4.69, 9.17) is 0 Å². The molecule has 3 fully saturated rings. The minimum Gasteiger partial charge on any atom is -0.356 e. The summed E-state index contributed by atoms with van der Waals surface area (Å²) in [5, 5.41) is 7.08. The van der Waals surface area contributed by atoms with Crippen molar-refractivity contribution in [2.75, 3.05) is 31.1 Å². The molecule has 3 aliphatic rings. The number of amides is 1. The zero-order valence-corrected chi connectivity index (χ0v) is 15.3. The fraction of sp³-hybridized carbons (Fsp3) is 0.579. The summed E-state index contributed by atoms with van der Waals surface area (Å²) in [6.07, 6.45) is 4.22. The van der Waals surface area contributed by atoms with Crippen LogP contribution in [0, 0.1) is 25.7 Å². The second-order valence-corrected chi connectivity index (χ2v) is 8.02. The van der Waals surface area contributed by atoms with Gasteiger partial charge in [-0.15, -0.1) is 0 Å². The van der Waals surface area contributed by atoms with Crippen LogP contribution in [0.4, 0.5) is 5.82 Å². The zero-order chi connectivity index (χ0) is 17.8. The van der Waals surface area contributed by atoms with Crippen LogP contribution >= 0.6 is 0 Å². The first-order valence-electron chi connectivity index (χ1n) is 9.48. The molecule has 1 amide bonds. The van der Waals surface area contributed by atoms with E-state index in [-0.39, 0.29) is 5.91 Å². The minimum atomic E-state index is 0.118. The Balaban J connectivity index is 1.28. The van der Waals surface area contributed by atoms with Gasteiger partial charge in [-0.1, -0.05) is 0 Å². The fourth-order valence-electron chi connectivity index (χ4n) is 4.51. The van der Waals surface area contributed by atoms with Crippen LogP contribution in [0.25, 0.3) is 0 Å². The highest BCUT2D eigenvalue weighted by Crippen LogP contribution is 2.40. The van der Waals surface area contributed by atoms with E-state index in [9.17, 15) is 4.79 Å². The second kappa shape index (κ2) is 5.79. The molecule has 2 aliphatic heterocycles. The van der Waals surface area contributed by atoms with Crippen molar-refractivity contribution >= 4 is 11.7 Å². The van der Waals surface area contributed by atoms with E-state index >= 15 is 0 Å². The highest BCUT2D eigenvalue weighted by molar-refractivity contribution is 5.96. The van der Waals surface area contributed by atoms with E-state index in [2.05, 4.69) is 31.1 Å². The Hall–Kier alpha value is -2.44. The van der Waals surface area contributed by atoms with Crippen LogP contribution in [0.1, 0.15) is 46.2 Å². The molecule has 2 atom stereocenters. The van der Waals surface area contributed by atoms with Crippen LogP contribution in [-0.4, -0.2) is 57.2 Å². The number of aryl methyl sites for hydroxylation is 2. The van der Waals surface area contributed by atoms with Crippen molar-refractivity contribution in [2.45, 2.75) is 32.6 Å². The summed E-state index contributed by atoms with van der Waals surface area (Å²) < 4.78 is 0. The number of hydrogen-bond acceptors (Lipinski definition) is 5. The number of carbonyl (C=O) groups is 1. The average Bonchev–Trinajstić information content (AvgIpc) is 3.17. The molecule has 1 N–H and O–H groups in total. The fourth-order valence-corrected chi connectivity index (χ4v) is 4.51. The van der Waals surface area contributed by atoms with Crippen LogP contribution in [0.2, 0.25) is 0 Å². The first kappa shape index (κ1) is 15.8. The Labute approximate surface area is 152 Å². The molecular weight excluding hydrogens is 328 g/mol. The molecule has 0 bridgehead atoms. The largest absolute Gasteiger partial charge is 0.356 e. The van der Waals surface area contributed by atoms with Gasteiger partial charge in [-0.05, 0) is 26.7 Å². The summed E-state index contributed by atoms with van der Waals surface area (Å²) in [6.45, 7) is 7.40. The molecule has 4 heterocycles. The lowest BCUT2D eigenvalue weighted by atomic mass is 10.0. The zero-order valence-electron chi connectivity index (χ0n) is 15.3. The van der Waals surface area contributed by atoms with Crippen LogP contribution in [-0.2, 0) is 0 Å². The molecule has 26 heavy (non-hydrogen) atoms. The number of carbonyl (C=O) groups excluding carboxylic acids is 1. The van der Waals surface area contributed by atoms with Gasteiger partial charge in [0.1, 0.15) is 12.1 Å². The molecular formula is C19H24N6O. The van der Waals surface area contributed by atoms with Gasteiger partial charge in [0, 0.05) is 61.4 Å². The number of aromatic amines is 1. The average molecular weight is 352 g/mol.